The van der Waals surface area contributed by atoms with Crippen LogP contribution in [0.4, 0.5) is 0 Å². The van der Waals surface area contributed by atoms with Crippen molar-refractivity contribution in [2.75, 3.05) is 20.6 Å². The zero-order chi connectivity index (χ0) is 17.4. The van der Waals surface area contributed by atoms with Gasteiger partial charge in [0.05, 0.1) is 5.56 Å². The van der Waals surface area contributed by atoms with E-state index in [1.807, 2.05) is 0 Å². The molecule has 2 amide bonds. The number of aromatic amines is 1. The van der Waals surface area contributed by atoms with Gasteiger partial charge in [-0.1, -0.05) is 11.6 Å². The van der Waals surface area contributed by atoms with E-state index in [0.717, 1.165) is 6.42 Å². The second-order valence-corrected chi connectivity index (χ2v) is 6.56. The number of carbonyl (C=O) groups is 2. The molecule has 1 atom stereocenters. The van der Waals surface area contributed by atoms with Crippen LogP contribution in [0.25, 0.3) is 10.9 Å². The number of hydrogen-bond donors (Lipinski definition) is 1. The number of benzene rings is 1. The fourth-order valence-corrected chi connectivity index (χ4v) is 3.29. The molecular weight excluding hydrogens is 330 g/mol. The number of aromatic nitrogens is 1. The molecule has 24 heavy (non-hydrogen) atoms. The number of nitrogens with zero attached hydrogens (tertiary/aromatic N) is 2. The second kappa shape index (κ2) is 6.28. The molecule has 2 aromatic rings. The van der Waals surface area contributed by atoms with E-state index < -0.39 is 6.04 Å². The van der Waals surface area contributed by atoms with E-state index in [1.54, 1.807) is 37.2 Å². The highest BCUT2D eigenvalue weighted by Gasteiger charge is 2.35. The Morgan fingerprint density at radius 3 is 2.75 bits per heavy atom. The summed E-state index contributed by atoms with van der Waals surface area (Å²) < 4.78 is 0. The maximum Gasteiger partial charge on any atom is 0.255 e. The molecule has 1 aromatic carbocycles. The Morgan fingerprint density at radius 1 is 1.29 bits per heavy atom. The number of hydrogen-bond acceptors (Lipinski definition) is 3. The minimum Gasteiger partial charge on any atom is -0.347 e. The van der Waals surface area contributed by atoms with Crippen LogP contribution < -0.4 is 5.56 Å². The number of pyridine rings is 1. The second-order valence-electron chi connectivity index (χ2n) is 6.13. The zero-order valence-corrected chi connectivity index (χ0v) is 14.3. The van der Waals surface area contributed by atoms with Gasteiger partial charge < -0.3 is 14.8 Å². The Labute approximate surface area is 144 Å². The van der Waals surface area contributed by atoms with E-state index in [-0.39, 0.29) is 22.9 Å². The molecule has 1 N–H and O–H groups in total. The highest BCUT2D eigenvalue weighted by Crippen LogP contribution is 2.25. The monoisotopic (exact) mass is 347 g/mol. The number of nitrogens with one attached hydrogen (secondary N) is 1. The zero-order valence-electron chi connectivity index (χ0n) is 13.5. The van der Waals surface area contributed by atoms with Gasteiger partial charge in [0.1, 0.15) is 6.04 Å². The predicted molar refractivity (Wildman–Crippen MR) is 92.3 cm³/mol. The van der Waals surface area contributed by atoms with Crippen LogP contribution in [-0.2, 0) is 4.79 Å². The number of carbonyl (C=O) groups excluding carboxylic acids is 2. The molecule has 126 valence electrons. The number of fused-ring (bicyclic) bond motifs is 1. The number of halogens is 1. The van der Waals surface area contributed by atoms with E-state index in [2.05, 4.69) is 4.98 Å². The van der Waals surface area contributed by atoms with Crippen LogP contribution in [-0.4, -0.2) is 53.3 Å². The van der Waals surface area contributed by atoms with Crippen molar-refractivity contribution in [2.24, 2.45) is 0 Å². The Hall–Kier alpha value is -2.34. The first-order chi connectivity index (χ1) is 11.4. The number of amides is 2. The van der Waals surface area contributed by atoms with Crippen molar-refractivity contribution in [1.82, 2.24) is 14.8 Å². The molecule has 0 spiro atoms. The molecule has 1 aromatic heterocycles. The molecule has 1 aliphatic heterocycles. The summed E-state index contributed by atoms with van der Waals surface area (Å²) in [6, 6.07) is 5.76. The Morgan fingerprint density at radius 2 is 2.04 bits per heavy atom. The van der Waals surface area contributed by atoms with Crippen molar-refractivity contribution >= 4 is 34.3 Å². The molecular formula is C17H18ClN3O3. The van der Waals surface area contributed by atoms with E-state index >= 15 is 0 Å². The fourth-order valence-electron chi connectivity index (χ4n) is 3.12. The SMILES string of the molecule is CN(C)C(=O)[C@@H]1CCCN1C(=O)c1cc(=O)[nH]c2ccc(Cl)cc12. The van der Waals surface area contributed by atoms with E-state index in [4.69, 9.17) is 11.6 Å². The Kier molecular flexibility index (Phi) is 4.32. The summed E-state index contributed by atoms with van der Waals surface area (Å²) in [6.07, 6.45) is 1.39. The van der Waals surface area contributed by atoms with Crippen molar-refractivity contribution in [3.63, 3.8) is 0 Å². The molecule has 1 fully saturated rings. The summed E-state index contributed by atoms with van der Waals surface area (Å²) >= 11 is 6.04. The van der Waals surface area contributed by atoms with Crippen molar-refractivity contribution in [3.05, 3.63) is 45.2 Å². The van der Waals surface area contributed by atoms with Crippen LogP contribution in [0.1, 0.15) is 23.2 Å². The van der Waals surface area contributed by atoms with Gasteiger partial charge in [-0.15, -0.1) is 0 Å². The van der Waals surface area contributed by atoms with Gasteiger partial charge in [0.25, 0.3) is 5.91 Å². The smallest absolute Gasteiger partial charge is 0.255 e. The van der Waals surface area contributed by atoms with Gasteiger partial charge >= 0.3 is 0 Å². The highest BCUT2D eigenvalue weighted by molar-refractivity contribution is 6.31. The first-order valence-electron chi connectivity index (χ1n) is 7.73. The molecule has 0 aliphatic carbocycles. The predicted octanol–water partition coefficient (Wildman–Crippen LogP) is 1.87. The molecule has 0 unspecified atom stereocenters. The summed E-state index contributed by atoms with van der Waals surface area (Å²) in [6.45, 7) is 0.498. The topological polar surface area (TPSA) is 73.5 Å². The van der Waals surface area contributed by atoms with E-state index in [0.29, 0.717) is 28.9 Å². The van der Waals surface area contributed by atoms with Gasteiger partial charge in [-0.25, -0.2) is 0 Å². The lowest BCUT2D eigenvalue weighted by atomic mass is 10.1. The molecule has 0 saturated carbocycles. The van der Waals surface area contributed by atoms with Crippen LogP contribution >= 0.6 is 11.6 Å². The minimum atomic E-state index is -0.485. The third-order valence-corrected chi connectivity index (χ3v) is 4.51. The lowest BCUT2D eigenvalue weighted by molar-refractivity contribution is -0.132. The molecule has 0 bridgehead atoms. The summed E-state index contributed by atoms with van der Waals surface area (Å²) in [5.74, 6) is -0.418. The van der Waals surface area contributed by atoms with Crippen LogP contribution in [0.5, 0.6) is 0 Å². The average Bonchev–Trinajstić information content (AvgIpc) is 3.02. The molecule has 1 aliphatic rings. The lowest BCUT2D eigenvalue weighted by Crippen LogP contribution is -2.45. The van der Waals surface area contributed by atoms with Crippen molar-refractivity contribution in [3.8, 4) is 0 Å². The summed E-state index contributed by atoms with van der Waals surface area (Å²) in [4.78, 5) is 43.0. The van der Waals surface area contributed by atoms with E-state index in [9.17, 15) is 14.4 Å². The summed E-state index contributed by atoms with van der Waals surface area (Å²) in [7, 11) is 3.34. The molecule has 3 rings (SSSR count). The largest absolute Gasteiger partial charge is 0.347 e. The molecule has 0 radical (unpaired) electrons. The maximum absolute atomic E-state index is 13.0. The number of H-pyrrole nitrogens is 1. The van der Waals surface area contributed by atoms with Gasteiger partial charge in [0, 0.05) is 42.6 Å². The van der Waals surface area contributed by atoms with Crippen LogP contribution in [0.3, 0.4) is 0 Å². The third kappa shape index (κ3) is 2.89. The van der Waals surface area contributed by atoms with Crippen LogP contribution in [0.2, 0.25) is 5.02 Å². The van der Waals surface area contributed by atoms with Gasteiger partial charge in [-0.3, -0.25) is 14.4 Å². The number of likely N-dealkylation sites (N-methyl/N-ethyl adjacent to an activating group) is 1. The standard InChI is InChI=1S/C17H18ClN3O3/c1-20(2)17(24)14-4-3-7-21(14)16(23)12-9-15(22)19-13-6-5-10(18)8-11(12)13/h5-6,8-9,14H,3-4,7H2,1-2H3,(H,19,22)/t14-/m0/s1. The maximum atomic E-state index is 13.0. The molecule has 6 nitrogen and oxygen atoms in total. The number of rotatable bonds is 2. The van der Waals surface area contributed by atoms with Crippen LogP contribution in [0, 0.1) is 0 Å². The highest BCUT2D eigenvalue weighted by atomic mass is 35.5. The van der Waals surface area contributed by atoms with Crippen molar-refractivity contribution < 1.29 is 9.59 Å². The average molecular weight is 348 g/mol. The lowest BCUT2D eigenvalue weighted by Gasteiger charge is -2.26. The van der Waals surface area contributed by atoms with Crippen molar-refractivity contribution in [2.45, 2.75) is 18.9 Å². The van der Waals surface area contributed by atoms with Crippen molar-refractivity contribution in [1.29, 1.82) is 0 Å². The van der Waals surface area contributed by atoms with E-state index in [1.165, 1.54) is 11.0 Å². The third-order valence-electron chi connectivity index (χ3n) is 4.27. The fraction of sp³-hybridized carbons (Fsp3) is 0.353. The first-order valence-corrected chi connectivity index (χ1v) is 8.11. The van der Waals surface area contributed by atoms with Gasteiger partial charge in [0.2, 0.25) is 11.5 Å². The normalized spacial score (nSPS) is 17.3. The first kappa shape index (κ1) is 16.5. The quantitative estimate of drug-likeness (QED) is 0.901. The molecule has 2 heterocycles. The Bertz CT molecular complexity index is 875. The van der Waals surface area contributed by atoms with Gasteiger partial charge in [0.15, 0.2) is 0 Å². The summed E-state index contributed by atoms with van der Waals surface area (Å²) in [5, 5.41) is 1.06. The van der Waals surface area contributed by atoms with Gasteiger partial charge in [-0.05, 0) is 31.0 Å². The molecule has 7 heteroatoms. The van der Waals surface area contributed by atoms with Crippen LogP contribution in [0.15, 0.2) is 29.1 Å². The molecule has 1 saturated heterocycles. The van der Waals surface area contributed by atoms with Gasteiger partial charge in [-0.2, -0.15) is 0 Å². The number of likely N-dealkylation sites (tertiary alicyclic amines) is 1. The summed E-state index contributed by atoms with van der Waals surface area (Å²) in [5.41, 5.74) is 0.461. The Balaban J connectivity index is 2.07. The minimum absolute atomic E-state index is 0.104.